The first-order valence-corrected chi connectivity index (χ1v) is 0.655. The molecule has 0 saturated heterocycles. The van der Waals surface area contributed by atoms with Gasteiger partial charge in [0.2, 0.25) is 0 Å². The van der Waals surface area contributed by atoms with Crippen LogP contribution in [0, 0.1) is 40.4 Å². The van der Waals surface area contributed by atoms with Crippen LogP contribution in [0.2, 0.25) is 0 Å². The Morgan fingerprint density at radius 1 is 1.00 bits per heavy atom. The van der Waals surface area contributed by atoms with E-state index in [-0.39, 0.29) is 40.4 Å². The first-order valence-electron chi connectivity index (χ1n) is 0.655. The van der Waals surface area contributed by atoms with Gasteiger partial charge in [-0.05, 0) is 0 Å². The Balaban J connectivity index is 0. The molecular formula is BF3Sm. The van der Waals surface area contributed by atoms with E-state index in [0.29, 0.717) is 0 Å². The minimum absolute atomic E-state index is 0. The van der Waals surface area contributed by atoms with Crippen molar-refractivity contribution < 1.29 is 53.3 Å². The second-order valence-electron chi connectivity index (χ2n) is 0.247. The Morgan fingerprint density at radius 3 is 1.00 bits per heavy atom. The van der Waals surface area contributed by atoms with Gasteiger partial charge in [0.1, 0.15) is 0 Å². The predicted octanol–water partition coefficient (Wildman–Crippen LogP) is 0.880. The summed E-state index contributed by atoms with van der Waals surface area (Å²) in [6.07, 6.45) is 0. The third kappa shape index (κ3) is 37.2. The molecule has 0 N–H and O–H groups in total. The van der Waals surface area contributed by atoms with E-state index in [9.17, 15) is 12.9 Å². The van der Waals surface area contributed by atoms with Crippen molar-refractivity contribution >= 4 is 7.54 Å². The molecule has 0 aromatic heterocycles. The molecule has 0 radical (unpaired) electrons. The van der Waals surface area contributed by atoms with Crippen LogP contribution in [0.25, 0.3) is 0 Å². The number of halogens is 3. The summed E-state index contributed by atoms with van der Waals surface area (Å²) in [6, 6.07) is 0. The smallest absolute Gasteiger partial charge is 0.254 e. The van der Waals surface area contributed by atoms with Gasteiger partial charge in [-0.25, -0.2) is 0 Å². The maximum absolute atomic E-state index is 9.67. The van der Waals surface area contributed by atoms with Crippen LogP contribution in [0.4, 0.5) is 12.9 Å². The van der Waals surface area contributed by atoms with E-state index >= 15 is 0 Å². The van der Waals surface area contributed by atoms with E-state index in [1.165, 1.54) is 0 Å². The van der Waals surface area contributed by atoms with Crippen LogP contribution in [0.5, 0.6) is 0 Å². The average Bonchev–Trinajstić information content (AvgIpc) is 0.811. The minimum Gasteiger partial charge on any atom is -0.254 e. The van der Waals surface area contributed by atoms with E-state index in [1.807, 2.05) is 0 Å². The topological polar surface area (TPSA) is 0 Å². The second kappa shape index (κ2) is 5.19. The van der Waals surface area contributed by atoms with Gasteiger partial charge in [-0.2, -0.15) is 0 Å². The van der Waals surface area contributed by atoms with Crippen molar-refractivity contribution in [2.75, 3.05) is 0 Å². The first-order chi connectivity index (χ1) is 1.73. The molecule has 0 rings (SSSR count). The second-order valence-corrected chi connectivity index (χ2v) is 0.247. The Labute approximate surface area is 60.4 Å². The standard InChI is InChI=1S/BF3.Sm/c2-1(3)4;. The summed E-state index contributed by atoms with van der Waals surface area (Å²) < 4.78 is 29.0. The van der Waals surface area contributed by atoms with Crippen molar-refractivity contribution in [2.24, 2.45) is 0 Å². The molecule has 0 bridgehead atoms. The summed E-state index contributed by atoms with van der Waals surface area (Å²) in [6.45, 7) is 0. The Morgan fingerprint density at radius 2 is 1.00 bits per heavy atom. The fourth-order valence-corrected chi connectivity index (χ4v) is 0. The van der Waals surface area contributed by atoms with Crippen LogP contribution >= 0.6 is 0 Å². The van der Waals surface area contributed by atoms with Gasteiger partial charge in [0, 0.05) is 40.4 Å². The van der Waals surface area contributed by atoms with Crippen LogP contribution in [0.1, 0.15) is 0 Å². The molecule has 0 unspecified atom stereocenters. The van der Waals surface area contributed by atoms with Gasteiger partial charge in [-0.15, -0.1) is 0 Å². The molecule has 0 heterocycles. The summed E-state index contributed by atoms with van der Waals surface area (Å²) in [5.41, 5.74) is 0. The van der Waals surface area contributed by atoms with E-state index in [1.54, 1.807) is 0 Å². The van der Waals surface area contributed by atoms with Gasteiger partial charge in [-0.3, -0.25) is 12.9 Å². The van der Waals surface area contributed by atoms with E-state index in [2.05, 4.69) is 0 Å². The zero-order chi connectivity index (χ0) is 3.58. The van der Waals surface area contributed by atoms with E-state index in [0.717, 1.165) is 0 Å². The minimum atomic E-state index is -3.67. The molecule has 5 heteroatoms. The summed E-state index contributed by atoms with van der Waals surface area (Å²) in [5.74, 6) is 0. The molecule has 0 nitrogen and oxygen atoms in total. The fraction of sp³-hybridized carbons (Fsp3) is 0. The monoisotopic (exact) mass is 220 g/mol. The third-order valence-electron chi connectivity index (χ3n) is 0. The number of hydrogen-bond acceptors (Lipinski definition) is 0. The Bertz CT molecular complexity index is 11.6. The molecule has 0 amide bonds. The molecule has 0 atom stereocenters. The summed E-state index contributed by atoms with van der Waals surface area (Å²) in [5, 5.41) is 0. The van der Waals surface area contributed by atoms with Crippen molar-refractivity contribution in [2.45, 2.75) is 0 Å². The van der Waals surface area contributed by atoms with Crippen LogP contribution in [0.15, 0.2) is 0 Å². The molecule has 5 heavy (non-hydrogen) atoms. The van der Waals surface area contributed by atoms with E-state index < -0.39 is 7.54 Å². The Kier molecular flexibility index (Phi) is 9.86. The van der Waals surface area contributed by atoms with Crippen molar-refractivity contribution in [1.29, 1.82) is 0 Å². The van der Waals surface area contributed by atoms with Crippen LogP contribution < -0.4 is 0 Å². The fourth-order valence-electron chi connectivity index (χ4n) is 0. The van der Waals surface area contributed by atoms with Crippen molar-refractivity contribution in [3.63, 3.8) is 0 Å². The average molecular weight is 218 g/mol. The molecule has 0 aliphatic rings. The maximum atomic E-state index is 9.67. The molecule has 0 aromatic rings. The van der Waals surface area contributed by atoms with Crippen LogP contribution in [0.3, 0.4) is 0 Å². The van der Waals surface area contributed by atoms with Gasteiger partial charge < -0.3 is 0 Å². The number of rotatable bonds is 0. The normalized spacial score (nSPS) is 5.40. The van der Waals surface area contributed by atoms with Gasteiger partial charge in [0.05, 0.1) is 0 Å². The van der Waals surface area contributed by atoms with Crippen molar-refractivity contribution in [3.8, 4) is 0 Å². The van der Waals surface area contributed by atoms with Gasteiger partial charge in [0.25, 0.3) is 0 Å². The molecule has 0 aliphatic heterocycles. The zero-order valence-corrected chi connectivity index (χ0v) is 4.74. The largest absolute Gasteiger partial charge is 0.762 e. The van der Waals surface area contributed by atoms with Gasteiger partial charge in [-0.1, -0.05) is 0 Å². The first kappa shape index (κ1) is 9.50. The van der Waals surface area contributed by atoms with Crippen LogP contribution in [-0.4, -0.2) is 7.54 Å². The van der Waals surface area contributed by atoms with Gasteiger partial charge in [0.15, 0.2) is 0 Å². The predicted molar refractivity (Wildman–Crippen MR) is 9.08 cm³/mol. The molecule has 0 aliphatic carbocycles. The quantitative estimate of drug-likeness (QED) is 0.529. The molecule has 0 spiro atoms. The Hall–Kier alpha value is 1.19. The molecule has 0 saturated carbocycles. The van der Waals surface area contributed by atoms with Crippen LogP contribution in [-0.2, 0) is 0 Å². The zero-order valence-electron chi connectivity index (χ0n) is 2.12. The summed E-state index contributed by atoms with van der Waals surface area (Å²) in [7, 11) is -3.67. The summed E-state index contributed by atoms with van der Waals surface area (Å²) >= 11 is 0. The van der Waals surface area contributed by atoms with E-state index in [4.69, 9.17) is 0 Å². The third-order valence-corrected chi connectivity index (χ3v) is 0. The van der Waals surface area contributed by atoms with Crippen molar-refractivity contribution in [3.05, 3.63) is 0 Å². The molecule has 0 fully saturated rings. The van der Waals surface area contributed by atoms with Crippen molar-refractivity contribution in [1.82, 2.24) is 0 Å². The molecule has 30 valence electrons. The number of hydrogen-bond donors (Lipinski definition) is 0. The molecule has 0 aromatic carbocycles. The summed E-state index contributed by atoms with van der Waals surface area (Å²) in [4.78, 5) is 0. The molecular weight excluding hydrogens is 218 g/mol. The maximum Gasteiger partial charge on any atom is 0.762 e. The van der Waals surface area contributed by atoms with Gasteiger partial charge >= 0.3 is 7.54 Å². The SMILES string of the molecule is FB(F)F.[Sm].